The van der Waals surface area contributed by atoms with Gasteiger partial charge in [-0.25, -0.2) is 4.98 Å². The first-order valence-electron chi connectivity index (χ1n) is 7.17. The van der Waals surface area contributed by atoms with E-state index < -0.39 is 0 Å². The summed E-state index contributed by atoms with van der Waals surface area (Å²) in [4.78, 5) is 9.12. The van der Waals surface area contributed by atoms with E-state index in [1.54, 1.807) is 0 Å². The Morgan fingerprint density at radius 2 is 2.11 bits per heavy atom. The molecule has 1 aliphatic rings. The summed E-state index contributed by atoms with van der Waals surface area (Å²) in [5.41, 5.74) is 1.35. The second-order valence-electron chi connectivity index (χ2n) is 5.78. The molecule has 2 heterocycles. The molecular weight excluding hydrogens is 236 g/mol. The van der Waals surface area contributed by atoms with Crippen LogP contribution < -0.4 is 5.32 Å². The highest BCUT2D eigenvalue weighted by Gasteiger charge is 2.19. The van der Waals surface area contributed by atoms with E-state index in [0.717, 1.165) is 18.3 Å². The molecule has 0 bridgehead atoms. The van der Waals surface area contributed by atoms with Crippen LogP contribution in [0.1, 0.15) is 18.4 Å². The number of aromatic nitrogens is 1. The SMILES string of the molecule is CNc1cc(CN2CCC(CN(C)C)CC2)ccn1. The molecule has 0 amide bonds. The van der Waals surface area contributed by atoms with E-state index in [9.17, 15) is 0 Å². The van der Waals surface area contributed by atoms with Gasteiger partial charge in [-0.2, -0.15) is 0 Å². The standard InChI is InChI=1S/C15H26N4/c1-16-15-10-14(4-7-17-15)12-19-8-5-13(6-9-19)11-18(2)3/h4,7,10,13H,5-6,8-9,11-12H2,1-3H3,(H,16,17). The predicted molar refractivity (Wildman–Crippen MR) is 80.3 cm³/mol. The van der Waals surface area contributed by atoms with Gasteiger partial charge in [0.2, 0.25) is 0 Å². The number of rotatable bonds is 5. The Hall–Kier alpha value is -1.13. The summed E-state index contributed by atoms with van der Waals surface area (Å²) in [7, 11) is 6.25. The maximum atomic E-state index is 4.26. The third kappa shape index (κ3) is 4.48. The van der Waals surface area contributed by atoms with Gasteiger partial charge in [0.1, 0.15) is 5.82 Å². The van der Waals surface area contributed by atoms with Crippen LogP contribution in [0.2, 0.25) is 0 Å². The molecule has 0 atom stereocenters. The highest BCUT2D eigenvalue weighted by atomic mass is 15.1. The van der Waals surface area contributed by atoms with Crippen molar-refractivity contribution in [3.8, 4) is 0 Å². The molecule has 0 spiro atoms. The molecule has 1 saturated heterocycles. The van der Waals surface area contributed by atoms with E-state index in [1.807, 2.05) is 13.2 Å². The summed E-state index contributed by atoms with van der Waals surface area (Å²) in [6, 6.07) is 4.26. The zero-order valence-electron chi connectivity index (χ0n) is 12.4. The molecule has 4 heteroatoms. The van der Waals surface area contributed by atoms with Gasteiger partial charge < -0.3 is 10.2 Å². The number of nitrogens with zero attached hydrogens (tertiary/aromatic N) is 3. The minimum Gasteiger partial charge on any atom is -0.373 e. The molecule has 0 radical (unpaired) electrons. The van der Waals surface area contributed by atoms with Crippen LogP contribution in [0.25, 0.3) is 0 Å². The van der Waals surface area contributed by atoms with Crippen LogP contribution in [-0.2, 0) is 6.54 Å². The molecule has 1 aromatic heterocycles. The van der Waals surface area contributed by atoms with Gasteiger partial charge in [0.25, 0.3) is 0 Å². The van der Waals surface area contributed by atoms with Crippen molar-refractivity contribution in [3.05, 3.63) is 23.9 Å². The molecule has 1 aromatic rings. The van der Waals surface area contributed by atoms with E-state index in [4.69, 9.17) is 0 Å². The van der Waals surface area contributed by atoms with Crippen molar-refractivity contribution >= 4 is 5.82 Å². The molecular formula is C15H26N4. The summed E-state index contributed by atoms with van der Waals surface area (Å²) in [5.74, 6) is 1.83. The van der Waals surface area contributed by atoms with Gasteiger partial charge in [0.05, 0.1) is 0 Å². The lowest BCUT2D eigenvalue weighted by molar-refractivity contribution is 0.157. The van der Waals surface area contributed by atoms with Crippen molar-refractivity contribution in [1.29, 1.82) is 0 Å². The molecule has 0 aliphatic carbocycles. The Bertz CT molecular complexity index is 383. The molecule has 1 N–H and O–H groups in total. The minimum atomic E-state index is 0.872. The Morgan fingerprint density at radius 1 is 1.37 bits per heavy atom. The summed E-state index contributed by atoms with van der Waals surface area (Å²) >= 11 is 0. The maximum absolute atomic E-state index is 4.26. The fourth-order valence-electron chi connectivity index (χ4n) is 2.81. The molecule has 4 nitrogen and oxygen atoms in total. The monoisotopic (exact) mass is 262 g/mol. The van der Waals surface area contributed by atoms with E-state index in [2.05, 4.69) is 46.3 Å². The molecule has 0 aromatic carbocycles. The third-order valence-corrected chi connectivity index (χ3v) is 3.82. The Labute approximate surface area is 116 Å². The van der Waals surface area contributed by atoms with Crippen molar-refractivity contribution in [3.63, 3.8) is 0 Å². The number of piperidine rings is 1. The van der Waals surface area contributed by atoms with Crippen molar-refractivity contribution in [2.24, 2.45) is 5.92 Å². The maximum Gasteiger partial charge on any atom is 0.125 e. The van der Waals surface area contributed by atoms with E-state index in [-0.39, 0.29) is 0 Å². The average molecular weight is 262 g/mol. The highest BCUT2D eigenvalue weighted by molar-refractivity contribution is 5.36. The number of pyridine rings is 1. The number of nitrogens with one attached hydrogen (secondary N) is 1. The van der Waals surface area contributed by atoms with Gasteiger partial charge in [0.15, 0.2) is 0 Å². The molecule has 106 valence electrons. The van der Waals surface area contributed by atoms with Crippen LogP contribution in [0.4, 0.5) is 5.82 Å². The smallest absolute Gasteiger partial charge is 0.125 e. The Morgan fingerprint density at radius 3 is 2.74 bits per heavy atom. The van der Waals surface area contributed by atoms with Crippen LogP contribution >= 0.6 is 0 Å². The lowest BCUT2D eigenvalue weighted by Gasteiger charge is -2.33. The second kappa shape index (κ2) is 6.87. The fourth-order valence-corrected chi connectivity index (χ4v) is 2.81. The molecule has 2 rings (SSSR count). The van der Waals surface area contributed by atoms with Crippen LogP contribution in [0, 0.1) is 5.92 Å². The van der Waals surface area contributed by atoms with Crippen LogP contribution in [0.3, 0.4) is 0 Å². The molecule has 1 aliphatic heterocycles. The van der Waals surface area contributed by atoms with Gasteiger partial charge in [-0.3, -0.25) is 4.90 Å². The Kier molecular flexibility index (Phi) is 5.16. The molecule has 19 heavy (non-hydrogen) atoms. The van der Waals surface area contributed by atoms with E-state index >= 15 is 0 Å². The van der Waals surface area contributed by atoms with Crippen molar-refractivity contribution < 1.29 is 0 Å². The number of anilines is 1. The Balaban J connectivity index is 1.81. The van der Waals surface area contributed by atoms with Crippen molar-refractivity contribution in [1.82, 2.24) is 14.8 Å². The van der Waals surface area contributed by atoms with E-state index in [0.29, 0.717) is 0 Å². The first-order chi connectivity index (χ1) is 9.17. The van der Waals surface area contributed by atoms with Crippen LogP contribution in [0.5, 0.6) is 0 Å². The number of likely N-dealkylation sites (tertiary alicyclic amines) is 1. The topological polar surface area (TPSA) is 31.4 Å². The molecule has 0 saturated carbocycles. The van der Waals surface area contributed by atoms with Gasteiger partial charge >= 0.3 is 0 Å². The third-order valence-electron chi connectivity index (χ3n) is 3.82. The zero-order valence-corrected chi connectivity index (χ0v) is 12.4. The van der Waals surface area contributed by atoms with Crippen molar-refractivity contribution in [2.45, 2.75) is 19.4 Å². The van der Waals surface area contributed by atoms with Gasteiger partial charge in [-0.15, -0.1) is 0 Å². The quantitative estimate of drug-likeness (QED) is 0.878. The minimum absolute atomic E-state index is 0.872. The molecule has 1 fully saturated rings. The predicted octanol–water partition coefficient (Wildman–Crippen LogP) is 1.90. The first kappa shape index (κ1) is 14.3. The summed E-state index contributed by atoms with van der Waals surface area (Å²) in [6.07, 6.45) is 4.53. The molecule has 0 unspecified atom stereocenters. The highest BCUT2D eigenvalue weighted by Crippen LogP contribution is 2.19. The van der Waals surface area contributed by atoms with Gasteiger partial charge in [-0.05, 0) is 63.6 Å². The van der Waals surface area contributed by atoms with E-state index in [1.165, 1.54) is 38.0 Å². The number of hydrogen-bond acceptors (Lipinski definition) is 4. The zero-order chi connectivity index (χ0) is 13.7. The average Bonchev–Trinajstić information content (AvgIpc) is 2.41. The van der Waals surface area contributed by atoms with Gasteiger partial charge in [0, 0.05) is 26.3 Å². The van der Waals surface area contributed by atoms with Crippen molar-refractivity contribution in [2.75, 3.05) is 46.1 Å². The largest absolute Gasteiger partial charge is 0.373 e. The summed E-state index contributed by atoms with van der Waals surface area (Å²) in [6.45, 7) is 4.71. The lowest BCUT2D eigenvalue weighted by Crippen LogP contribution is -2.36. The van der Waals surface area contributed by atoms with Gasteiger partial charge in [-0.1, -0.05) is 0 Å². The first-order valence-corrected chi connectivity index (χ1v) is 7.17. The normalized spacial score (nSPS) is 17.9. The van der Waals surface area contributed by atoms with Crippen LogP contribution in [-0.4, -0.2) is 55.6 Å². The number of hydrogen-bond donors (Lipinski definition) is 1. The second-order valence-corrected chi connectivity index (χ2v) is 5.78. The van der Waals surface area contributed by atoms with Crippen LogP contribution in [0.15, 0.2) is 18.3 Å². The summed E-state index contributed by atoms with van der Waals surface area (Å²) in [5, 5.41) is 3.10. The fraction of sp³-hybridized carbons (Fsp3) is 0.667. The lowest BCUT2D eigenvalue weighted by atomic mass is 9.96. The summed E-state index contributed by atoms with van der Waals surface area (Å²) < 4.78 is 0.